The van der Waals surface area contributed by atoms with Crippen molar-refractivity contribution < 1.29 is 14.5 Å². The van der Waals surface area contributed by atoms with Gasteiger partial charge >= 0.3 is 0 Å². The monoisotopic (exact) mass is 417 g/mol. The number of piperidine rings is 1. The first kappa shape index (κ1) is 21.1. The highest BCUT2D eigenvalue weighted by Gasteiger charge is 2.24. The first-order valence-corrected chi connectivity index (χ1v) is 9.97. The molecule has 0 saturated carbocycles. The van der Waals surface area contributed by atoms with Gasteiger partial charge in [-0.25, -0.2) is 0 Å². The lowest BCUT2D eigenvalue weighted by molar-refractivity contribution is -0.384. The lowest BCUT2D eigenvalue weighted by Gasteiger charge is -2.35. The number of nitrogens with zero attached hydrogens (tertiary/aromatic N) is 2. The molecule has 2 aromatic rings. The molecule has 29 heavy (non-hydrogen) atoms. The van der Waals surface area contributed by atoms with Gasteiger partial charge in [0.2, 0.25) is 0 Å². The minimum absolute atomic E-state index is 0.0102. The number of nitrogens with one attached hydrogen (secondary N) is 1. The molecular formula is C21H24ClN3O4. The van der Waals surface area contributed by atoms with Crippen LogP contribution < -0.4 is 10.1 Å². The Morgan fingerprint density at radius 3 is 2.52 bits per heavy atom. The van der Waals surface area contributed by atoms with Crippen molar-refractivity contribution in [1.29, 1.82) is 0 Å². The van der Waals surface area contributed by atoms with Crippen LogP contribution in [0.1, 0.15) is 41.2 Å². The Hall–Kier alpha value is -2.64. The summed E-state index contributed by atoms with van der Waals surface area (Å²) in [5.41, 5.74) is 1.03. The van der Waals surface area contributed by atoms with Crippen molar-refractivity contribution in [2.24, 2.45) is 0 Å². The molecule has 1 fully saturated rings. The second-order valence-corrected chi connectivity index (χ2v) is 7.43. The number of ether oxygens (including phenoxy) is 1. The fourth-order valence-electron chi connectivity index (χ4n) is 3.60. The number of nitro benzene ring substituents is 1. The molecule has 2 aromatic carbocycles. The lowest BCUT2D eigenvalue weighted by Crippen LogP contribution is -2.40. The highest BCUT2D eigenvalue weighted by Crippen LogP contribution is 2.27. The molecule has 0 unspecified atom stereocenters. The van der Waals surface area contributed by atoms with Crippen molar-refractivity contribution in [2.45, 2.75) is 25.3 Å². The Balaban J connectivity index is 1.76. The predicted molar refractivity (Wildman–Crippen MR) is 112 cm³/mol. The Bertz CT molecular complexity index is 867. The summed E-state index contributed by atoms with van der Waals surface area (Å²) in [4.78, 5) is 25.5. The first-order chi connectivity index (χ1) is 14.0. The smallest absolute Gasteiger partial charge is 0.288 e. The summed E-state index contributed by atoms with van der Waals surface area (Å²) < 4.78 is 5.24. The number of hydrogen-bond acceptors (Lipinski definition) is 5. The van der Waals surface area contributed by atoms with Crippen LogP contribution in [0.3, 0.4) is 0 Å². The molecule has 0 radical (unpaired) electrons. The number of amides is 1. The van der Waals surface area contributed by atoms with Crippen molar-refractivity contribution in [2.75, 3.05) is 26.7 Å². The molecular weight excluding hydrogens is 394 g/mol. The Labute approximate surface area is 174 Å². The summed E-state index contributed by atoms with van der Waals surface area (Å²) in [5, 5.41) is 14.0. The molecule has 3 rings (SSSR count). The minimum Gasteiger partial charge on any atom is -0.497 e. The van der Waals surface area contributed by atoms with Gasteiger partial charge in [-0.15, -0.1) is 0 Å². The van der Waals surface area contributed by atoms with Crippen LogP contribution in [0.5, 0.6) is 5.75 Å². The van der Waals surface area contributed by atoms with E-state index in [-0.39, 0.29) is 28.2 Å². The summed E-state index contributed by atoms with van der Waals surface area (Å²) in [6.45, 7) is 2.35. The lowest BCUT2D eigenvalue weighted by atomic mass is 10.0. The average molecular weight is 418 g/mol. The second kappa shape index (κ2) is 9.71. The van der Waals surface area contributed by atoms with Crippen molar-refractivity contribution in [3.05, 3.63) is 68.7 Å². The van der Waals surface area contributed by atoms with Gasteiger partial charge in [-0.3, -0.25) is 19.8 Å². The molecule has 0 aromatic heterocycles. The molecule has 1 atom stereocenters. The highest BCUT2D eigenvalue weighted by molar-refractivity contribution is 6.32. The quantitative estimate of drug-likeness (QED) is 0.538. The van der Waals surface area contributed by atoms with Gasteiger partial charge in [0, 0.05) is 18.2 Å². The number of hydrogen-bond donors (Lipinski definition) is 1. The molecule has 1 aliphatic rings. The van der Waals surface area contributed by atoms with Crippen molar-refractivity contribution in [3.8, 4) is 5.75 Å². The third-order valence-electron chi connectivity index (χ3n) is 5.19. The molecule has 8 heteroatoms. The summed E-state index contributed by atoms with van der Waals surface area (Å²) >= 11 is 5.84. The van der Waals surface area contributed by atoms with Crippen molar-refractivity contribution in [1.82, 2.24) is 10.2 Å². The normalized spacial score (nSPS) is 15.5. The largest absolute Gasteiger partial charge is 0.497 e. The molecule has 154 valence electrons. The number of benzene rings is 2. The first-order valence-electron chi connectivity index (χ1n) is 9.59. The Morgan fingerprint density at radius 2 is 1.90 bits per heavy atom. The molecule has 1 N–H and O–H groups in total. The zero-order valence-electron chi connectivity index (χ0n) is 16.3. The average Bonchev–Trinajstić information content (AvgIpc) is 2.75. The summed E-state index contributed by atoms with van der Waals surface area (Å²) in [7, 11) is 1.63. The van der Waals surface area contributed by atoms with Gasteiger partial charge in [-0.1, -0.05) is 30.2 Å². The van der Waals surface area contributed by atoms with Gasteiger partial charge in [0.15, 0.2) is 0 Å². The van der Waals surface area contributed by atoms with Crippen LogP contribution in [-0.4, -0.2) is 42.5 Å². The molecule has 0 spiro atoms. The van der Waals surface area contributed by atoms with E-state index in [1.165, 1.54) is 24.6 Å². The third-order valence-corrected chi connectivity index (χ3v) is 5.51. The number of halogens is 1. The molecule has 0 aliphatic carbocycles. The van der Waals surface area contributed by atoms with Crippen LogP contribution in [0.4, 0.5) is 5.69 Å². The summed E-state index contributed by atoms with van der Waals surface area (Å²) in [6, 6.07) is 11.9. The highest BCUT2D eigenvalue weighted by atomic mass is 35.5. The van der Waals surface area contributed by atoms with E-state index in [1.54, 1.807) is 7.11 Å². The van der Waals surface area contributed by atoms with Gasteiger partial charge in [0.1, 0.15) is 10.8 Å². The van der Waals surface area contributed by atoms with Gasteiger partial charge < -0.3 is 10.1 Å². The summed E-state index contributed by atoms with van der Waals surface area (Å²) in [6.07, 6.45) is 3.47. The maximum Gasteiger partial charge on any atom is 0.288 e. The molecule has 1 saturated heterocycles. The second-order valence-electron chi connectivity index (χ2n) is 7.02. The van der Waals surface area contributed by atoms with E-state index >= 15 is 0 Å². The van der Waals surface area contributed by atoms with Crippen LogP contribution in [-0.2, 0) is 0 Å². The van der Waals surface area contributed by atoms with Gasteiger partial charge in [0.25, 0.3) is 11.6 Å². The maximum absolute atomic E-state index is 12.6. The maximum atomic E-state index is 12.6. The Morgan fingerprint density at radius 1 is 1.21 bits per heavy atom. The van der Waals surface area contributed by atoms with Crippen LogP contribution in [0, 0.1) is 10.1 Å². The fraction of sp³-hybridized carbons (Fsp3) is 0.381. The number of likely N-dealkylation sites (tertiary alicyclic amines) is 1. The van der Waals surface area contributed by atoms with Gasteiger partial charge in [-0.05, 0) is 55.8 Å². The zero-order chi connectivity index (χ0) is 20.8. The predicted octanol–water partition coefficient (Wildman–Crippen LogP) is 4.21. The topological polar surface area (TPSA) is 84.7 Å². The SMILES string of the molecule is COc1ccc([C@H](CNC(=O)c2ccc(Cl)c([N+](=O)[O-])c2)N2CCCCC2)cc1. The van der Waals surface area contributed by atoms with E-state index in [1.807, 2.05) is 24.3 Å². The molecule has 1 aliphatic heterocycles. The van der Waals surface area contributed by atoms with Crippen LogP contribution >= 0.6 is 11.6 Å². The van der Waals surface area contributed by atoms with E-state index in [2.05, 4.69) is 10.2 Å². The molecule has 1 amide bonds. The van der Waals surface area contributed by atoms with Crippen LogP contribution in [0.25, 0.3) is 0 Å². The molecule has 7 nitrogen and oxygen atoms in total. The number of nitro groups is 1. The fourth-order valence-corrected chi connectivity index (χ4v) is 3.79. The third kappa shape index (κ3) is 5.25. The standard InChI is InChI=1S/C21H24ClN3O4/c1-29-17-8-5-15(6-9-17)20(24-11-3-2-4-12-24)14-23-21(26)16-7-10-18(22)19(13-16)25(27)28/h5-10,13,20H,2-4,11-12,14H2,1H3,(H,23,26)/t20-/m0/s1. The van der Waals surface area contributed by atoms with Crippen LogP contribution in [0.2, 0.25) is 5.02 Å². The number of carbonyl (C=O) groups excluding carboxylic acids is 1. The summed E-state index contributed by atoms with van der Waals surface area (Å²) in [5.74, 6) is 0.420. The Kier molecular flexibility index (Phi) is 7.06. The number of methoxy groups -OCH3 is 1. The zero-order valence-corrected chi connectivity index (χ0v) is 17.0. The van der Waals surface area contributed by atoms with Crippen molar-refractivity contribution >= 4 is 23.2 Å². The van der Waals surface area contributed by atoms with Gasteiger partial charge in [0.05, 0.1) is 18.1 Å². The van der Waals surface area contributed by atoms with E-state index in [4.69, 9.17) is 16.3 Å². The van der Waals surface area contributed by atoms with E-state index < -0.39 is 4.92 Å². The number of rotatable bonds is 7. The van der Waals surface area contributed by atoms with Gasteiger partial charge in [-0.2, -0.15) is 0 Å². The van der Waals surface area contributed by atoms with E-state index in [9.17, 15) is 14.9 Å². The van der Waals surface area contributed by atoms with E-state index in [0.29, 0.717) is 6.54 Å². The van der Waals surface area contributed by atoms with Crippen molar-refractivity contribution in [3.63, 3.8) is 0 Å². The minimum atomic E-state index is -0.590. The van der Waals surface area contributed by atoms with E-state index in [0.717, 1.165) is 37.2 Å². The molecule has 1 heterocycles. The van der Waals surface area contributed by atoms with Crippen LogP contribution in [0.15, 0.2) is 42.5 Å². The molecule has 0 bridgehead atoms. The number of carbonyl (C=O) groups is 1.